The van der Waals surface area contributed by atoms with E-state index >= 15 is 0 Å². The van der Waals surface area contributed by atoms with E-state index in [1.54, 1.807) is 0 Å². The maximum Gasteiger partial charge on any atom is 0.419 e. The highest BCUT2D eigenvalue weighted by Crippen LogP contribution is 2.38. The van der Waals surface area contributed by atoms with E-state index in [-0.39, 0.29) is 12.1 Å². The van der Waals surface area contributed by atoms with E-state index < -0.39 is 6.09 Å². The van der Waals surface area contributed by atoms with Crippen LogP contribution < -0.4 is 4.74 Å². The van der Waals surface area contributed by atoms with Crippen molar-refractivity contribution in [3.8, 4) is 5.75 Å². The van der Waals surface area contributed by atoms with Crippen LogP contribution in [0.1, 0.15) is 31.9 Å². The number of carboxylic acid groups (broad SMARTS) is 1. The Morgan fingerprint density at radius 3 is 2.95 bits per heavy atom. The van der Waals surface area contributed by atoms with Gasteiger partial charge in [-0.25, -0.2) is 9.10 Å². The summed E-state index contributed by atoms with van der Waals surface area (Å²) in [4.78, 5) is 11.2. The summed E-state index contributed by atoms with van der Waals surface area (Å²) in [6.07, 6.45) is -0.194. The molecule has 0 saturated carbocycles. The highest BCUT2D eigenvalue weighted by Gasteiger charge is 2.32. The summed E-state index contributed by atoms with van der Waals surface area (Å²) in [5, 5.41) is 9.20. The number of nitrogens with zero attached hydrogens (tertiary/aromatic N) is 1. The van der Waals surface area contributed by atoms with E-state index in [0.29, 0.717) is 6.61 Å². The second-order valence-corrected chi connectivity index (χ2v) is 6.07. The fourth-order valence-electron chi connectivity index (χ4n) is 2.20. The Bertz CT molecular complexity index is 504. The lowest BCUT2D eigenvalue weighted by Crippen LogP contribution is -2.25. The summed E-state index contributed by atoms with van der Waals surface area (Å²) < 4.78 is 12.2. The van der Waals surface area contributed by atoms with Crippen LogP contribution in [0.3, 0.4) is 0 Å². The second kappa shape index (κ2) is 5.93. The standard InChI is InChI=1S/C14H19NO4S/c1-4-18-20-15(13(16)17)9-11-7-5-6-10-8-14(2,3)19-12(10)11/h5-7H,4,8-9H2,1-3H3,(H,16,17). The molecule has 110 valence electrons. The van der Waals surface area contributed by atoms with Crippen molar-refractivity contribution in [2.24, 2.45) is 0 Å². The van der Waals surface area contributed by atoms with Crippen LogP contribution in [0.15, 0.2) is 18.2 Å². The van der Waals surface area contributed by atoms with Crippen LogP contribution in [-0.2, 0) is 17.1 Å². The van der Waals surface area contributed by atoms with Crippen LogP contribution in [0.5, 0.6) is 5.75 Å². The van der Waals surface area contributed by atoms with Crippen molar-refractivity contribution in [1.29, 1.82) is 0 Å². The van der Waals surface area contributed by atoms with Crippen LogP contribution >= 0.6 is 12.2 Å². The van der Waals surface area contributed by atoms with Crippen molar-refractivity contribution in [1.82, 2.24) is 4.31 Å². The lowest BCUT2D eigenvalue weighted by atomic mass is 10.0. The Labute approximate surface area is 123 Å². The van der Waals surface area contributed by atoms with E-state index in [1.165, 1.54) is 0 Å². The van der Waals surface area contributed by atoms with E-state index in [4.69, 9.17) is 8.92 Å². The minimum atomic E-state index is -1.03. The minimum absolute atomic E-state index is 0.235. The largest absolute Gasteiger partial charge is 0.487 e. The molecule has 0 unspecified atom stereocenters. The molecule has 0 saturated heterocycles. The summed E-state index contributed by atoms with van der Waals surface area (Å²) in [5.74, 6) is 0.806. The van der Waals surface area contributed by atoms with Gasteiger partial charge in [0.1, 0.15) is 23.6 Å². The highest BCUT2D eigenvalue weighted by molar-refractivity contribution is 7.92. The van der Waals surface area contributed by atoms with Gasteiger partial charge in [0.2, 0.25) is 0 Å². The molecule has 1 heterocycles. The summed E-state index contributed by atoms with van der Waals surface area (Å²) >= 11 is 0.848. The summed E-state index contributed by atoms with van der Waals surface area (Å²) in [6, 6.07) is 5.85. The van der Waals surface area contributed by atoms with E-state index in [0.717, 1.165) is 39.8 Å². The molecular formula is C14H19NO4S. The van der Waals surface area contributed by atoms with Crippen LogP contribution in [-0.4, -0.2) is 27.7 Å². The zero-order valence-electron chi connectivity index (χ0n) is 11.9. The van der Waals surface area contributed by atoms with Crippen molar-refractivity contribution in [3.63, 3.8) is 0 Å². The molecule has 0 radical (unpaired) electrons. The van der Waals surface area contributed by atoms with Gasteiger partial charge in [0.25, 0.3) is 0 Å². The summed E-state index contributed by atoms with van der Waals surface area (Å²) in [6.45, 7) is 6.56. The van der Waals surface area contributed by atoms with Crippen LogP contribution in [0.4, 0.5) is 4.79 Å². The Balaban J connectivity index is 2.18. The lowest BCUT2D eigenvalue weighted by molar-refractivity contribution is 0.136. The predicted molar refractivity (Wildman–Crippen MR) is 77.6 cm³/mol. The average Bonchev–Trinajstić information content (AvgIpc) is 2.68. The number of amides is 1. The molecule has 1 aliphatic heterocycles. The molecule has 0 fully saturated rings. The van der Waals surface area contributed by atoms with Gasteiger partial charge in [0.15, 0.2) is 0 Å². The molecule has 6 heteroatoms. The minimum Gasteiger partial charge on any atom is -0.487 e. The van der Waals surface area contributed by atoms with Gasteiger partial charge in [-0.05, 0) is 26.3 Å². The third-order valence-corrected chi connectivity index (χ3v) is 3.77. The molecule has 0 aromatic heterocycles. The normalized spacial score (nSPS) is 15.6. The Kier molecular flexibility index (Phi) is 4.45. The zero-order valence-corrected chi connectivity index (χ0v) is 12.7. The van der Waals surface area contributed by atoms with Gasteiger partial charge in [-0.2, -0.15) is 0 Å². The van der Waals surface area contributed by atoms with E-state index in [1.807, 2.05) is 39.0 Å². The Morgan fingerprint density at radius 2 is 2.30 bits per heavy atom. The second-order valence-electron chi connectivity index (χ2n) is 5.24. The number of ether oxygens (including phenoxy) is 1. The molecule has 1 aromatic carbocycles. The molecular weight excluding hydrogens is 278 g/mol. The Morgan fingerprint density at radius 1 is 1.55 bits per heavy atom. The maximum absolute atomic E-state index is 11.2. The van der Waals surface area contributed by atoms with Gasteiger partial charge < -0.3 is 9.84 Å². The fraction of sp³-hybridized carbons (Fsp3) is 0.500. The molecule has 5 nitrogen and oxygen atoms in total. The number of hydrogen-bond donors (Lipinski definition) is 1. The molecule has 2 rings (SSSR count). The monoisotopic (exact) mass is 297 g/mol. The summed E-state index contributed by atoms with van der Waals surface area (Å²) in [5.41, 5.74) is 1.75. The molecule has 20 heavy (non-hydrogen) atoms. The van der Waals surface area contributed by atoms with Crippen molar-refractivity contribution in [2.75, 3.05) is 6.61 Å². The van der Waals surface area contributed by atoms with Gasteiger partial charge in [0, 0.05) is 12.0 Å². The number of para-hydroxylation sites is 1. The third kappa shape index (κ3) is 3.37. The van der Waals surface area contributed by atoms with E-state index in [9.17, 15) is 9.90 Å². The number of benzene rings is 1. The number of carbonyl (C=O) groups is 1. The molecule has 1 aliphatic rings. The first kappa shape index (κ1) is 15.0. The van der Waals surface area contributed by atoms with Crippen LogP contribution in [0.25, 0.3) is 0 Å². The number of fused-ring (bicyclic) bond motifs is 1. The predicted octanol–water partition coefficient (Wildman–Crippen LogP) is 3.48. The molecule has 1 amide bonds. The van der Waals surface area contributed by atoms with Crippen molar-refractivity contribution < 1.29 is 18.8 Å². The fourth-order valence-corrected chi connectivity index (χ4v) is 2.69. The van der Waals surface area contributed by atoms with Gasteiger partial charge >= 0.3 is 6.09 Å². The third-order valence-electron chi connectivity index (χ3n) is 2.96. The smallest absolute Gasteiger partial charge is 0.419 e. The molecule has 0 bridgehead atoms. The van der Waals surface area contributed by atoms with Gasteiger partial charge in [0.05, 0.1) is 13.2 Å². The Hall–Kier alpha value is -1.40. The van der Waals surface area contributed by atoms with Gasteiger partial charge in [-0.15, -0.1) is 0 Å². The first-order valence-electron chi connectivity index (χ1n) is 6.53. The molecule has 0 spiro atoms. The first-order chi connectivity index (χ1) is 9.43. The molecule has 0 atom stereocenters. The van der Waals surface area contributed by atoms with Crippen molar-refractivity contribution in [3.05, 3.63) is 29.3 Å². The van der Waals surface area contributed by atoms with Crippen LogP contribution in [0.2, 0.25) is 0 Å². The summed E-state index contributed by atoms with van der Waals surface area (Å²) in [7, 11) is 0. The zero-order chi connectivity index (χ0) is 14.8. The van der Waals surface area contributed by atoms with Gasteiger partial charge in [-0.3, -0.25) is 4.18 Å². The SMILES string of the molecule is CCOSN(Cc1cccc2c1OC(C)(C)C2)C(=O)O. The number of rotatable bonds is 5. The van der Waals surface area contributed by atoms with Crippen molar-refractivity contribution >= 4 is 18.3 Å². The molecule has 1 aromatic rings. The highest BCUT2D eigenvalue weighted by atomic mass is 32.2. The molecule has 1 N–H and O–H groups in total. The maximum atomic E-state index is 11.2. The lowest BCUT2D eigenvalue weighted by Gasteiger charge is -2.20. The quantitative estimate of drug-likeness (QED) is 0.666. The van der Waals surface area contributed by atoms with Crippen molar-refractivity contribution in [2.45, 2.75) is 39.3 Å². The van der Waals surface area contributed by atoms with E-state index in [2.05, 4.69) is 0 Å². The topological polar surface area (TPSA) is 59.0 Å². The number of hydrogen-bond acceptors (Lipinski definition) is 4. The van der Waals surface area contributed by atoms with Gasteiger partial charge in [-0.1, -0.05) is 18.2 Å². The average molecular weight is 297 g/mol. The molecule has 0 aliphatic carbocycles. The first-order valence-corrected chi connectivity index (χ1v) is 7.22. The van der Waals surface area contributed by atoms with Crippen LogP contribution in [0, 0.1) is 0 Å².